The van der Waals surface area contributed by atoms with E-state index in [9.17, 15) is 13.2 Å². The zero-order valence-electron chi connectivity index (χ0n) is 13.0. The van der Waals surface area contributed by atoms with Gasteiger partial charge in [0.15, 0.2) is 0 Å². The van der Waals surface area contributed by atoms with Crippen molar-refractivity contribution < 1.29 is 13.2 Å². The standard InChI is InChI=1S/C17H18N2O3S/c1-11-3-6-15(7-4-11)23(21,22)19-12(2)9-14-10-13(17(18)20)5-8-16(14)19/h3-8,10,12H,9H2,1-2H3,(H2,18,20)/t12-/m1/s1. The van der Waals surface area contributed by atoms with Crippen LogP contribution in [0, 0.1) is 6.92 Å². The van der Waals surface area contributed by atoms with Crippen LogP contribution >= 0.6 is 0 Å². The molecule has 3 rings (SSSR count). The predicted octanol–water partition coefficient (Wildman–Crippen LogP) is 2.23. The van der Waals surface area contributed by atoms with E-state index in [1.807, 2.05) is 13.8 Å². The van der Waals surface area contributed by atoms with Crippen LogP contribution in [-0.2, 0) is 16.4 Å². The highest BCUT2D eigenvalue weighted by Gasteiger charge is 2.36. The predicted molar refractivity (Wildman–Crippen MR) is 89.0 cm³/mol. The molecule has 0 saturated carbocycles. The van der Waals surface area contributed by atoms with Gasteiger partial charge < -0.3 is 5.73 Å². The lowest BCUT2D eigenvalue weighted by atomic mass is 10.1. The number of primary amides is 1. The molecule has 0 aliphatic carbocycles. The van der Waals surface area contributed by atoms with Crippen LogP contribution in [0.2, 0.25) is 0 Å². The van der Waals surface area contributed by atoms with Gasteiger partial charge in [0.25, 0.3) is 10.0 Å². The summed E-state index contributed by atoms with van der Waals surface area (Å²) in [6.07, 6.45) is 0.557. The highest BCUT2D eigenvalue weighted by molar-refractivity contribution is 7.92. The molecular formula is C17H18N2O3S. The van der Waals surface area contributed by atoms with Gasteiger partial charge in [-0.25, -0.2) is 8.42 Å². The van der Waals surface area contributed by atoms with Crippen LogP contribution in [-0.4, -0.2) is 20.4 Å². The highest BCUT2D eigenvalue weighted by Crippen LogP contribution is 2.37. The van der Waals surface area contributed by atoms with Crippen LogP contribution < -0.4 is 10.0 Å². The van der Waals surface area contributed by atoms with Gasteiger partial charge in [-0.3, -0.25) is 9.10 Å². The van der Waals surface area contributed by atoms with Gasteiger partial charge in [0, 0.05) is 11.6 Å². The van der Waals surface area contributed by atoms with Crippen LogP contribution in [0.5, 0.6) is 0 Å². The number of nitrogens with two attached hydrogens (primary N) is 1. The molecule has 1 heterocycles. The maximum Gasteiger partial charge on any atom is 0.264 e. The smallest absolute Gasteiger partial charge is 0.264 e. The van der Waals surface area contributed by atoms with Gasteiger partial charge in [0.1, 0.15) is 0 Å². The minimum absolute atomic E-state index is 0.209. The maximum atomic E-state index is 13.0. The Hall–Kier alpha value is -2.34. The minimum Gasteiger partial charge on any atom is -0.366 e. The highest BCUT2D eigenvalue weighted by atomic mass is 32.2. The molecule has 1 aliphatic heterocycles. The molecule has 1 atom stereocenters. The summed E-state index contributed by atoms with van der Waals surface area (Å²) in [7, 11) is -3.63. The van der Waals surface area contributed by atoms with Crippen molar-refractivity contribution in [3.63, 3.8) is 0 Å². The van der Waals surface area contributed by atoms with Crippen molar-refractivity contribution in [2.75, 3.05) is 4.31 Å². The number of hydrogen-bond donors (Lipinski definition) is 1. The van der Waals surface area contributed by atoms with Gasteiger partial charge >= 0.3 is 0 Å². The summed E-state index contributed by atoms with van der Waals surface area (Å²) in [6.45, 7) is 3.77. The van der Waals surface area contributed by atoms with Crippen molar-refractivity contribution in [1.29, 1.82) is 0 Å². The molecule has 0 bridgehead atoms. The summed E-state index contributed by atoms with van der Waals surface area (Å²) in [6, 6.07) is 11.5. The van der Waals surface area contributed by atoms with Gasteiger partial charge in [0.05, 0.1) is 10.6 Å². The van der Waals surface area contributed by atoms with Crippen molar-refractivity contribution in [1.82, 2.24) is 0 Å². The van der Waals surface area contributed by atoms with Crippen molar-refractivity contribution in [3.8, 4) is 0 Å². The molecule has 120 valence electrons. The van der Waals surface area contributed by atoms with Crippen molar-refractivity contribution >= 4 is 21.6 Å². The number of amides is 1. The van der Waals surface area contributed by atoms with E-state index in [1.165, 1.54) is 4.31 Å². The summed E-state index contributed by atoms with van der Waals surface area (Å²) in [5, 5.41) is 0. The van der Waals surface area contributed by atoms with E-state index in [1.54, 1.807) is 42.5 Å². The molecule has 6 heteroatoms. The van der Waals surface area contributed by atoms with E-state index in [-0.39, 0.29) is 10.9 Å². The first-order valence-electron chi connectivity index (χ1n) is 7.34. The largest absolute Gasteiger partial charge is 0.366 e. The lowest BCUT2D eigenvalue weighted by Gasteiger charge is -2.24. The van der Waals surface area contributed by atoms with Crippen LogP contribution in [0.15, 0.2) is 47.4 Å². The summed E-state index contributed by atoms with van der Waals surface area (Å²) in [5.74, 6) is -0.514. The van der Waals surface area contributed by atoms with Gasteiger partial charge in [-0.05, 0) is 56.2 Å². The number of carbonyl (C=O) groups excluding carboxylic acids is 1. The van der Waals surface area contributed by atoms with Crippen LogP contribution in [0.3, 0.4) is 0 Å². The molecule has 0 aromatic heterocycles. The number of sulfonamides is 1. The third-order valence-corrected chi connectivity index (χ3v) is 6.04. The second kappa shape index (κ2) is 5.38. The molecule has 1 aliphatic rings. The zero-order chi connectivity index (χ0) is 16.8. The molecule has 0 spiro atoms. The Labute approximate surface area is 135 Å². The van der Waals surface area contributed by atoms with Crippen LogP contribution in [0.4, 0.5) is 5.69 Å². The lowest BCUT2D eigenvalue weighted by Crippen LogP contribution is -2.35. The lowest BCUT2D eigenvalue weighted by molar-refractivity contribution is 0.1000. The van der Waals surface area contributed by atoms with Crippen molar-refractivity contribution in [3.05, 3.63) is 59.2 Å². The molecule has 0 fully saturated rings. The summed E-state index contributed by atoms with van der Waals surface area (Å²) >= 11 is 0. The third kappa shape index (κ3) is 2.59. The molecule has 0 radical (unpaired) electrons. The SMILES string of the molecule is Cc1ccc(S(=O)(=O)N2c3ccc(C(N)=O)cc3C[C@H]2C)cc1. The topological polar surface area (TPSA) is 80.5 Å². The number of hydrogen-bond acceptors (Lipinski definition) is 3. The van der Waals surface area contributed by atoms with E-state index in [2.05, 4.69) is 0 Å². The normalized spacial score (nSPS) is 17.1. The van der Waals surface area contributed by atoms with E-state index in [4.69, 9.17) is 5.73 Å². The Kier molecular flexibility index (Phi) is 3.64. The quantitative estimate of drug-likeness (QED) is 0.937. The van der Waals surface area contributed by atoms with Crippen molar-refractivity contribution in [2.45, 2.75) is 31.2 Å². The second-order valence-electron chi connectivity index (χ2n) is 5.87. The fourth-order valence-electron chi connectivity index (χ4n) is 2.95. The van der Waals surface area contributed by atoms with Gasteiger partial charge in [-0.2, -0.15) is 0 Å². The first kappa shape index (κ1) is 15.6. The number of fused-ring (bicyclic) bond motifs is 1. The summed E-state index contributed by atoms with van der Waals surface area (Å²) < 4.78 is 27.4. The fourth-order valence-corrected chi connectivity index (χ4v) is 4.64. The minimum atomic E-state index is -3.63. The number of anilines is 1. The third-order valence-electron chi connectivity index (χ3n) is 4.09. The molecular weight excluding hydrogens is 312 g/mol. The van der Waals surface area contributed by atoms with E-state index in [0.717, 1.165) is 11.1 Å². The van der Waals surface area contributed by atoms with E-state index in [0.29, 0.717) is 17.7 Å². The van der Waals surface area contributed by atoms with E-state index < -0.39 is 15.9 Å². The van der Waals surface area contributed by atoms with Gasteiger partial charge in [0.2, 0.25) is 5.91 Å². The Morgan fingerprint density at radius 1 is 1.17 bits per heavy atom. The van der Waals surface area contributed by atoms with Crippen LogP contribution in [0.1, 0.15) is 28.4 Å². The Balaban J connectivity index is 2.08. The first-order chi connectivity index (χ1) is 10.8. The van der Waals surface area contributed by atoms with Crippen LogP contribution in [0.25, 0.3) is 0 Å². The molecule has 2 aromatic carbocycles. The fraction of sp³-hybridized carbons (Fsp3) is 0.235. The monoisotopic (exact) mass is 330 g/mol. The number of aryl methyl sites for hydroxylation is 1. The number of rotatable bonds is 3. The molecule has 2 N–H and O–H groups in total. The molecule has 5 nitrogen and oxygen atoms in total. The zero-order valence-corrected chi connectivity index (χ0v) is 13.8. The molecule has 0 unspecified atom stereocenters. The summed E-state index contributed by atoms with van der Waals surface area (Å²) in [4.78, 5) is 11.6. The molecule has 0 saturated heterocycles. The average Bonchev–Trinajstić information content (AvgIpc) is 2.83. The number of benzene rings is 2. The van der Waals surface area contributed by atoms with Crippen molar-refractivity contribution in [2.24, 2.45) is 5.73 Å². The first-order valence-corrected chi connectivity index (χ1v) is 8.78. The van der Waals surface area contributed by atoms with Gasteiger partial charge in [-0.1, -0.05) is 17.7 Å². The molecule has 2 aromatic rings. The number of carbonyl (C=O) groups is 1. The Morgan fingerprint density at radius 3 is 2.43 bits per heavy atom. The molecule has 23 heavy (non-hydrogen) atoms. The number of nitrogens with zero attached hydrogens (tertiary/aromatic N) is 1. The summed E-state index contributed by atoms with van der Waals surface area (Å²) in [5.41, 5.74) is 8.13. The Morgan fingerprint density at radius 2 is 1.83 bits per heavy atom. The van der Waals surface area contributed by atoms with Gasteiger partial charge in [-0.15, -0.1) is 0 Å². The molecule has 1 amide bonds. The second-order valence-corrected chi connectivity index (χ2v) is 7.69. The maximum absolute atomic E-state index is 13.0. The Bertz CT molecular complexity index is 873. The average molecular weight is 330 g/mol. The van der Waals surface area contributed by atoms with E-state index >= 15 is 0 Å².